The number of aromatic nitrogens is 5. The number of imidazole rings is 2. The van der Waals surface area contributed by atoms with Gasteiger partial charge in [-0.25, -0.2) is 15.0 Å². The maximum Gasteiger partial charge on any atom is 0.236 e. The molecule has 0 aliphatic carbocycles. The molecular weight excluding hydrogens is 1920 g/mol. The Labute approximate surface area is 846 Å². The Morgan fingerprint density at radius 3 is 1.12 bits per heavy atom. The Bertz CT molecular complexity index is 6980. The normalized spacial score (nSPS) is 16.2. The van der Waals surface area contributed by atoms with E-state index in [9.17, 15) is 20.4 Å². The lowest BCUT2D eigenvalue weighted by Gasteiger charge is -2.33. The van der Waals surface area contributed by atoms with Gasteiger partial charge < -0.3 is 85.8 Å². The molecule has 17 aromatic rings. The third-order valence-electron chi connectivity index (χ3n) is 26.7. The quantitative estimate of drug-likeness (QED) is 0.0341. The van der Waals surface area contributed by atoms with E-state index in [1.165, 1.54) is 37.9 Å². The molecule has 0 radical (unpaired) electrons. The third kappa shape index (κ3) is 24.9. The number of hydrogen-bond acceptors (Lipinski definition) is 21. The SMILES string of the molecule is CCc1ccc(-c2cc3c(OC[C@@H](O)CN4CCC(c5ccc(Cl)c(Cl)c5)CC4)cccc3o2)s1.Cc1cnc(-c2cc3c(OC[C@@H](O)CN4CCC(c5ccc(Cl)c(Cl)c5)CC4)cccc3s2)o1.Cn1ccnc1-c1cc2c(OC[C@@H](O)CN3CCC(c4ccc(Cl)c(Cl)c4)CC3)cccc2o1.Cn1ccnc1-c1cc2c(OC[C@@H](O)CN3CCC(c4ccc5ccccc5c4)CC3)cccc2o1. The lowest BCUT2D eigenvalue weighted by Crippen LogP contribution is -2.40. The van der Waals surface area contributed by atoms with Crippen LogP contribution in [0.3, 0.4) is 0 Å². The van der Waals surface area contributed by atoms with Gasteiger partial charge in [-0.15, -0.1) is 22.7 Å². The number of aliphatic hydroxyl groups excluding tert-OH is 4. The molecule has 8 aromatic heterocycles. The minimum atomic E-state index is -0.585. The van der Waals surface area contributed by atoms with Crippen LogP contribution in [0.15, 0.2) is 255 Å². The monoisotopic (exact) mass is 2030 g/mol. The molecule has 4 aliphatic rings. The number of aryl methyl sites for hydroxylation is 4. The van der Waals surface area contributed by atoms with Gasteiger partial charge in [0.25, 0.3) is 0 Å². The van der Waals surface area contributed by atoms with Crippen LogP contribution in [0.1, 0.15) is 115 Å². The molecule has 21 rings (SSSR count). The van der Waals surface area contributed by atoms with Crippen molar-refractivity contribution < 1.29 is 57.0 Å². The molecule has 0 amide bonds. The number of furan rings is 3. The lowest BCUT2D eigenvalue weighted by molar-refractivity contribution is 0.0598. The van der Waals surface area contributed by atoms with Crippen LogP contribution in [-0.4, -0.2) is 193 Å². The van der Waals surface area contributed by atoms with Crippen molar-refractivity contribution in [3.63, 3.8) is 0 Å². The van der Waals surface area contributed by atoms with Crippen molar-refractivity contribution in [2.24, 2.45) is 14.1 Å². The molecule has 0 bridgehead atoms. The van der Waals surface area contributed by atoms with Crippen molar-refractivity contribution >= 4 is 146 Å². The Morgan fingerprint density at radius 1 is 0.367 bits per heavy atom. The molecule has 0 saturated carbocycles. The maximum atomic E-state index is 10.7. The molecule has 4 aliphatic heterocycles. The molecule has 9 aromatic carbocycles. The summed E-state index contributed by atoms with van der Waals surface area (Å²) >= 11 is 40.1. The van der Waals surface area contributed by atoms with Gasteiger partial charge in [0, 0.05) is 80.0 Å². The van der Waals surface area contributed by atoms with Gasteiger partial charge in [-0.3, -0.25) is 0 Å². The molecular formula is C110H113Cl6N9O12S2. The summed E-state index contributed by atoms with van der Waals surface area (Å²) < 4.78 is 52.8. The number of ether oxygens (including phenoxy) is 4. The fourth-order valence-corrected chi connectivity index (χ4v) is 22.0. The highest BCUT2D eigenvalue weighted by molar-refractivity contribution is 7.22. The number of piperidine rings is 4. The second kappa shape index (κ2) is 46.2. The first kappa shape index (κ1) is 98.9. The second-order valence-electron chi connectivity index (χ2n) is 36.5. The molecule has 4 atom stereocenters. The largest absolute Gasteiger partial charge is 0.490 e. The average Bonchev–Trinajstić information content (AvgIpc) is 1.68. The third-order valence-corrected chi connectivity index (χ3v) is 31.2. The van der Waals surface area contributed by atoms with Gasteiger partial charge >= 0.3 is 0 Å². The van der Waals surface area contributed by atoms with E-state index in [2.05, 4.69) is 120 Å². The highest BCUT2D eigenvalue weighted by Gasteiger charge is 2.30. The van der Waals surface area contributed by atoms with E-state index in [-0.39, 0.29) is 26.4 Å². The molecule has 21 nitrogen and oxygen atoms in total. The summed E-state index contributed by atoms with van der Waals surface area (Å²) in [5, 5.41) is 52.6. The van der Waals surface area contributed by atoms with Crippen LogP contribution >= 0.6 is 92.3 Å². The van der Waals surface area contributed by atoms with Crippen LogP contribution in [-0.2, 0) is 20.5 Å². The summed E-state index contributed by atoms with van der Waals surface area (Å²) in [4.78, 5) is 25.7. The number of halogens is 6. The van der Waals surface area contributed by atoms with Gasteiger partial charge in [0.15, 0.2) is 23.2 Å². The molecule has 0 unspecified atom stereocenters. The number of oxazole rings is 1. The molecule has 4 N–H and O–H groups in total. The summed E-state index contributed by atoms with van der Waals surface area (Å²) in [6.45, 7) is 14.9. The van der Waals surface area contributed by atoms with Crippen LogP contribution in [0.5, 0.6) is 23.0 Å². The maximum absolute atomic E-state index is 10.7. The predicted octanol–water partition coefficient (Wildman–Crippen LogP) is 25.8. The van der Waals surface area contributed by atoms with Gasteiger partial charge in [0.05, 0.1) is 62.2 Å². The van der Waals surface area contributed by atoms with Crippen LogP contribution in [0.4, 0.5) is 0 Å². The number of β-amino-alcohol motifs (C(OH)–C–C–N with tert-alkyl or cyclic N) is 4. The van der Waals surface area contributed by atoms with E-state index < -0.39 is 24.4 Å². The molecule has 4 fully saturated rings. The van der Waals surface area contributed by atoms with E-state index in [0.29, 0.717) is 109 Å². The molecule has 29 heteroatoms. The van der Waals surface area contributed by atoms with Crippen molar-refractivity contribution in [3.8, 4) is 67.6 Å². The van der Waals surface area contributed by atoms with E-state index in [1.807, 2.05) is 170 Å². The lowest BCUT2D eigenvalue weighted by atomic mass is 9.88. The molecule has 139 heavy (non-hydrogen) atoms. The number of fused-ring (bicyclic) bond motifs is 5. The first-order valence-corrected chi connectivity index (χ1v) is 51.5. The summed E-state index contributed by atoms with van der Waals surface area (Å²) in [7, 11) is 3.87. The summed E-state index contributed by atoms with van der Waals surface area (Å²) in [5.74, 6) is 10.1. The van der Waals surface area contributed by atoms with Gasteiger partial charge in [-0.05, 0) is 295 Å². The van der Waals surface area contributed by atoms with Crippen LogP contribution in [0.2, 0.25) is 30.1 Å². The van der Waals surface area contributed by atoms with E-state index in [4.69, 9.17) is 106 Å². The zero-order valence-electron chi connectivity index (χ0n) is 78.0. The minimum absolute atomic E-state index is 0.217. The average molecular weight is 2030 g/mol. The van der Waals surface area contributed by atoms with Gasteiger partial charge in [0.2, 0.25) is 5.89 Å². The van der Waals surface area contributed by atoms with Crippen LogP contribution in [0, 0.1) is 6.92 Å². The first-order valence-electron chi connectivity index (χ1n) is 47.6. The topological polar surface area (TPSA) is 232 Å². The highest BCUT2D eigenvalue weighted by atomic mass is 35.5. The Morgan fingerprint density at radius 2 is 0.741 bits per heavy atom. The minimum Gasteiger partial charge on any atom is -0.490 e. The number of thiophene rings is 2. The molecule has 12 heterocycles. The van der Waals surface area contributed by atoms with Crippen LogP contribution < -0.4 is 18.9 Å². The van der Waals surface area contributed by atoms with E-state index in [1.54, 1.807) is 41.3 Å². The predicted molar refractivity (Wildman–Crippen MR) is 561 cm³/mol. The van der Waals surface area contributed by atoms with E-state index in [0.717, 1.165) is 198 Å². The Balaban J connectivity index is 0.000000123. The van der Waals surface area contributed by atoms with Gasteiger partial charge in [-0.2, -0.15) is 0 Å². The Kier molecular flexibility index (Phi) is 32.9. The fraction of sp³-hybridized carbons (Fsp3) is 0.336. The van der Waals surface area contributed by atoms with Crippen molar-refractivity contribution in [1.29, 1.82) is 0 Å². The zero-order chi connectivity index (χ0) is 96.2. The summed E-state index contributed by atoms with van der Waals surface area (Å²) in [6, 6.07) is 68.6. The van der Waals surface area contributed by atoms with E-state index >= 15 is 0 Å². The van der Waals surface area contributed by atoms with Gasteiger partial charge in [0.1, 0.15) is 102 Å². The second-order valence-corrected chi connectivity index (χ2v) is 41.2. The number of nitrogens with zero attached hydrogens (tertiary/aromatic N) is 9. The van der Waals surface area contributed by atoms with Crippen molar-refractivity contribution in [2.45, 2.75) is 120 Å². The summed E-state index contributed by atoms with van der Waals surface area (Å²) in [5.41, 5.74) is 7.41. The number of likely N-dealkylation sites (tertiary alicyclic amines) is 4. The van der Waals surface area contributed by atoms with Crippen molar-refractivity contribution in [2.75, 3.05) is 105 Å². The summed E-state index contributed by atoms with van der Waals surface area (Å²) in [6.07, 6.45) is 16.1. The highest BCUT2D eigenvalue weighted by Crippen LogP contribution is 2.44. The van der Waals surface area contributed by atoms with Crippen molar-refractivity contribution in [3.05, 3.63) is 300 Å². The van der Waals surface area contributed by atoms with Gasteiger partial charge in [-0.1, -0.05) is 161 Å². The molecule has 724 valence electrons. The number of benzene rings is 9. The number of rotatable bonds is 29. The van der Waals surface area contributed by atoms with Crippen molar-refractivity contribution in [1.82, 2.24) is 43.7 Å². The molecule has 4 saturated heterocycles. The zero-order valence-corrected chi connectivity index (χ0v) is 84.1. The fourth-order valence-electron chi connectivity index (χ4n) is 19.2. The molecule has 0 spiro atoms. The smallest absolute Gasteiger partial charge is 0.236 e. The standard InChI is InChI=1S/C30H31N3O3.C28H29Cl2NO3S.C26H27Cl2N3O3.C26H26Cl2N2O3S/c1-32-16-13-31-30(32)29-18-26-27(7-4-8-28(26)36-29)35-20-25(34)19-33-14-11-22(12-15-33)24-10-9-21-5-2-3-6-23(21)17-24;1-2-21-7-9-28(35-21)27-15-22-25(4-3-5-26(22)34-27)33-17-20(32)16-31-12-10-18(11-13-31)19-6-8-23(29)24(30)14-19;1-30-12-9-29-26(30)25-14-20-23(3-2-4-24(20)34-25)33-16-19(32)15-31-10-7-17(8-11-31)18-5-6-21(27)22(28)13-18;1-16-13-29-26(33-16)25-12-20-23(3-2-4-24(20)34-25)32-15-19(31)14-30-9-7-17(8-10-30)18-5-6-21(27)22(28)11-18/h2-10,13,16-18,22,25,34H,11-12,14-15,19-20H2,1H3;3-9,14-15,18,20,32H,2,10-13,16-17H2,1H3;2-6,9,12-14,17,19,32H,7-8,10-11,15-16H2,1H3;2-6,11-13,17,19,31H,7-10,14-15H2,1H3/t25-;20-;2*19-/m0000/s1. The Hall–Kier alpha value is -10.2. The number of aliphatic hydroxyl groups is 4. The van der Waals surface area contributed by atoms with Crippen LogP contribution in [0.25, 0.3) is 98.3 Å². The number of hydrogen-bond donors (Lipinski definition) is 4. The first-order chi connectivity index (χ1) is 67.6.